The molecule has 1 unspecified atom stereocenters. The number of esters is 1. The highest BCUT2D eigenvalue weighted by Gasteiger charge is 2.17. The highest BCUT2D eigenvalue weighted by molar-refractivity contribution is 5.72. The van der Waals surface area contributed by atoms with Crippen LogP contribution < -0.4 is 0 Å². The molecule has 0 bridgehead atoms. The van der Waals surface area contributed by atoms with Gasteiger partial charge in [0.2, 0.25) is 0 Å². The maximum Gasteiger partial charge on any atom is 0.308 e. The van der Waals surface area contributed by atoms with Crippen molar-refractivity contribution in [2.45, 2.75) is 52.9 Å². The molecule has 112 valence electrons. The fraction of sp³-hybridized carbons (Fsp3) is 0.588. The predicted octanol–water partition coefficient (Wildman–Crippen LogP) is 3.87. The summed E-state index contributed by atoms with van der Waals surface area (Å²) in [5.41, 5.74) is 1.80. The molecular weight excluding hydrogens is 252 g/mol. The molecule has 1 N–H and O–H groups in total. The van der Waals surface area contributed by atoms with Crippen molar-refractivity contribution in [3.63, 3.8) is 0 Å². The van der Waals surface area contributed by atoms with Gasteiger partial charge in [0, 0.05) is 0 Å². The number of carbonyl (C=O) groups excluding carboxylic acids is 1. The van der Waals surface area contributed by atoms with Crippen molar-refractivity contribution in [1.29, 1.82) is 0 Å². The third-order valence-corrected chi connectivity index (χ3v) is 3.38. The van der Waals surface area contributed by atoms with Gasteiger partial charge in [-0.2, -0.15) is 0 Å². The van der Waals surface area contributed by atoms with Crippen molar-refractivity contribution >= 4 is 5.97 Å². The third-order valence-electron chi connectivity index (χ3n) is 3.38. The van der Waals surface area contributed by atoms with E-state index in [0.29, 0.717) is 18.8 Å². The van der Waals surface area contributed by atoms with E-state index in [9.17, 15) is 9.90 Å². The van der Waals surface area contributed by atoms with E-state index in [1.165, 1.54) is 0 Å². The first kappa shape index (κ1) is 16.5. The molecule has 0 spiro atoms. The van der Waals surface area contributed by atoms with Crippen LogP contribution in [0.3, 0.4) is 0 Å². The number of aryl methyl sites for hydroxylation is 1. The topological polar surface area (TPSA) is 46.5 Å². The molecular formula is C17H26O3. The summed E-state index contributed by atoms with van der Waals surface area (Å²) in [5, 5.41) is 10.3. The molecule has 1 aromatic rings. The lowest BCUT2D eigenvalue weighted by Crippen LogP contribution is -2.17. The fourth-order valence-electron chi connectivity index (χ4n) is 2.14. The van der Waals surface area contributed by atoms with Crippen molar-refractivity contribution in [2.75, 3.05) is 6.61 Å². The summed E-state index contributed by atoms with van der Waals surface area (Å²) in [4.78, 5) is 11.8. The Morgan fingerprint density at radius 1 is 1.25 bits per heavy atom. The van der Waals surface area contributed by atoms with Gasteiger partial charge in [-0.05, 0) is 36.8 Å². The summed E-state index contributed by atoms with van der Waals surface area (Å²) in [7, 11) is 0. The average Bonchev–Trinajstić information content (AvgIpc) is 2.45. The van der Waals surface area contributed by atoms with Crippen molar-refractivity contribution < 1.29 is 14.6 Å². The highest BCUT2D eigenvalue weighted by atomic mass is 16.5. The molecule has 0 aliphatic carbocycles. The van der Waals surface area contributed by atoms with Gasteiger partial charge in [0.05, 0.1) is 12.5 Å². The van der Waals surface area contributed by atoms with Crippen molar-refractivity contribution in [3.8, 4) is 5.75 Å². The van der Waals surface area contributed by atoms with Crippen LogP contribution >= 0.6 is 0 Å². The van der Waals surface area contributed by atoms with Gasteiger partial charge in [-0.1, -0.05) is 45.4 Å². The number of unbranched alkanes of at least 4 members (excludes halogenated alkanes) is 1. The molecule has 20 heavy (non-hydrogen) atoms. The molecule has 0 aliphatic rings. The third kappa shape index (κ3) is 4.87. The molecule has 0 fully saturated rings. The monoisotopic (exact) mass is 278 g/mol. The summed E-state index contributed by atoms with van der Waals surface area (Å²) in [5.74, 6) is -0.0739. The zero-order chi connectivity index (χ0) is 15.0. The summed E-state index contributed by atoms with van der Waals surface area (Å²) in [6.45, 7) is 6.41. The molecule has 0 saturated heterocycles. The SMILES string of the molecule is CCCCc1cccc(CC(C)C(=O)OCCC)c1O. The van der Waals surface area contributed by atoms with Gasteiger partial charge in [-0.25, -0.2) is 0 Å². The van der Waals surface area contributed by atoms with Crippen LogP contribution in [0.5, 0.6) is 5.75 Å². The first-order valence-corrected chi connectivity index (χ1v) is 7.56. The maximum atomic E-state index is 11.8. The van der Waals surface area contributed by atoms with Crippen LogP contribution in [0.4, 0.5) is 0 Å². The number of carbonyl (C=O) groups is 1. The smallest absolute Gasteiger partial charge is 0.308 e. The zero-order valence-electron chi connectivity index (χ0n) is 12.8. The summed E-state index contributed by atoms with van der Waals surface area (Å²) < 4.78 is 5.14. The van der Waals surface area contributed by atoms with Gasteiger partial charge < -0.3 is 9.84 Å². The van der Waals surface area contributed by atoms with Crippen LogP contribution in [0.15, 0.2) is 18.2 Å². The van der Waals surface area contributed by atoms with E-state index < -0.39 is 0 Å². The standard InChI is InChI=1S/C17H26O3/c1-4-6-8-14-9-7-10-15(16(14)18)12-13(3)17(19)20-11-5-2/h7,9-10,13,18H,4-6,8,11-12H2,1-3H3. The van der Waals surface area contributed by atoms with E-state index in [-0.39, 0.29) is 11.9 Å². The largest absolute Gasteiger partial charge is 0.507 e. The van der Waals surface area contributed by atoms with E-state index in [2.05, 4.69) is 6.92 Å². The quantitative estimate of drug-likeness (QED) is 0.734. The highest BCUT2D eigenvalue weighted by Crippen LogP contribution is 2.26. The molecule has 1 aromatic carbocycles. The van der Waals surface area contributed by atoms with Crippen molar-refractivity contribution in [3.05, 3.63) is 29.3 Å². The molecule has 0 saturated carbocycles. The Balaban J connectivity index is 2.69. The van der Waals surface area contributed by atoms with Crippen LogP contribution in [-0.2, 0) is 22.4 Å². The zero-order valence-corrected chi connectivity index (χ0v) is 12.8. The summed E-state index contributed by atoms with van der Waals surface area (Å²) >= 11 is 0. The number of hydrogen-bond acceptors (Lipinski definition) is 3. The number of aromatic hydroxyl groups is 1. The second-order valence-electron chi connectivity index (χ2n) is 5.30. The number of rotatable bonds is 8. The van der Waals surface area contributed by atoms with E-state index >= 15 is 0 Å². The Kier molecular flexibility index (Phi) is 7.13. The summed E-state index contributed by atoms with van der Waals surface area (Å²) in [6.07, 6.45) is 4.39. The van der Waals surface area contributed by atoms with Gasteiger partial charge in [-0.15, -0.1) is 0 Å². The normalized spacial score (nSPS) is 12.2. The minimum absolute atomic E-state index is 0.190. The van der Waals surface area contributed by atoms with Gasteiger partial charge in [0.25, 0.3) is 0 Å². The van der Waals surface area contributed by atoms with Crippen molar-refractivity contribution in [2.24, 2.45) is 5.92 Å². The Hall–Kier alpha value is -1.51. The van der Waals surface area contributed by atoms with Gasteiger partial charge in [-0.3, -0.25) is 4.79 Å². The van der Waals surface area contributed by atoms with E-state index in [4.69, 9.17) is 4.74 Å². The predicted molar refractivity (Wildman–Crippen MR) is 80.8 cm³/mol. The molecule has 0 heterocycles. The second-order valence-corrected chi connectivity index (χ2v) is 5.30. The lowest BCUT2D eigenvalue weighted by molar-refractivity contribution is -0.147. The maximum absolute atomic E-state index is 11.8. The van der Waals surface area contributed by atoms with Gasteiger partial charge in [0.15, 0.2) is 0 Å². The molecule has 1 rings (SSSR count). The minimum Gasteiger partial charge on any atom is -0.507 e. The van der Waals surface area contributed by atoms with Gasteiger partial charge >= 0.3 is 5.97 Å². The van der Waals surface area contributed by atoms with Crippen LogP contribution in [0.2, 0.25) is 0 Å². The molecule has 0 amide bonds. The molecule has 3 heteroatoms. The number of hydrogen-bond donors (Lipinski definition) is 1. The van der Waals surface area contributed by atoms with E-state index in [1.54, 1.807) is 0 Å². The Morgan fingerprint density at radius 2 is 1.95 bits per heavy atom. The number of phenols is 1. The molecule has 0 radical (unpaired) electrons. The molecule has 0 aromatic heterocycles. The Bertz CT molecular complexity index is 426. The number of ether oxygens (including phenoxy) is 1. The molecule has 0 aliphatic heterocycles. The number of para-hydroxylation sites is 1. The first-order valence-electron chi connectivity index (χ1n) is 7.56. The van der Waals surface area contributed by atoms with Crippen LogP contribution in [-0.4, -0.2) is 17.7 Å². The Morgan fingerprint density at radius 3 is 2.60 bits per heavy atom. The van der Waals surface area contributed by atoms with Crippen LogP contribution in [0, 0.1) is 5.92 Å². The lowest BCUT2D eigenvalue weighted by Gasteiger charge is -2.14. The molecule has 1 atom stereocenters. The molecule has 3 nitrogen and oxygen atoms in total. The average molecular weight is 278 g/mol. The van der Waals surface area contributed by atoms with Gasteiger partial charge in [0.1, 0.15) is 5.75 Å². The second kappa shape index (κ2) is 8.62. The fourth-order valence-corrected chi connectivity index (χ4v) is 2.14. The van der Waals surface area contributed by atoms with Crippen LogP contribution in [0.1, 0.15) is 51.2 Å². The Labute approximate surface area is 122 Å². The summed E-state index contributed by atoms with van der Waals surface area (Å²) in [6, 6.07) is 5.78. The lowest BCUT2D eigenvalue weighted by atomic mass is 9.96. The van der Waals surface area contributed by atoms with Crippen LogP contribution in [0.25, 0.3) is 0 Å². The van der Waals surface area contributed by atoms with E-state index in [1.807, 2.05) is 32.0 Å². The minimum atomic E-state index is -0.228. The van der Waals surface area contributed by atoms with Crippen molar-refractivity contribution in [1.82, 2.24) is 0 Å². The van der Waals surface area contributed by atoms with E-state index in [0.717, 1.165) is 36.8 Å². The number of phenolic OH excluding ortho intramolecular Hbond substituents is 1. The first-order chi connectivity index (χ1) is 9.60. The number of benzene rings is 1.